The molecule has 0 spiro atoms. The second-order valence-electron chi connectivity index (χ2n) is 4.96. The number of benzene rings is 1. The van der Waals surface area contributed by atoms with Crippen LogP contribution in [0.2, 0.25) is 0 Å². The van der Waals surface area contributed by atoms with Gasteiger partial charge in [-0.3, -0.25) is 14.4 Å². The fourth-order valence-electron chi connectivity index (χ4n) is 2.33. The van der Waals surface area contributed by atoms with E-state index in [1.807, 2.05) is 6.07 Å². The molecule has 0 bridgehead atoms. The molecule has 1 aliphatic heterocycles. The molecule has 2 rings (SSSR count). The quantitative estimate of drug-likeness (QED) is 0.839. The van der Waals surface area contributed by atoms with E-state index < -0.39 is 5.97 Å². The molecule has 1 fully saturated rings. The van der Waals surface area contributed by atoms with Crippen molar-refractivity contribution in [3.63, 3.8) is 0 Å². The second-order valence-corrected chi connectivity index (χ2v) is 4.96. The molecule has 21 heavy (non-hydrogen) atoms. The molecule has 1 aromatic rings. The molecule has 0 saturated carbocycles. The van der Waals surface area contributed by atoms with Gasteiger partial charge in [0.2, 0.25) is 11.8 Å². The van der Waals surface area contributed by atoms with Crippen molar-refractivity contribution >= 4 is 29.2 Å². The molecule has 112 valence electrons. The minimum atomic E-state index is -0.911. The average Bonchev–Trinajstić information content (AvgIpc) is 2.85. The van der Waals surface area contributed by atoms with Crippen LogP contribution in [0.15, 0.2) is 24.3 Å². The smallest absolute Gasteiger partial charge is 0.303 e. The topological polar surface area (TPSA) is 86.7 Å². The lowest BCUT2D eigenvalue weighted by atomic mass is 10.2. The highest BCUT2D eigenvalue weighted by Gasteiger charge is 2.24. The normalized spacial score (nSPS) is 14.3. The van der Waals surface area contributed by atoms with E-state index in [1.54, 1.807) is 23.1 Å². The lowest BCUT2D eigenvalue weighted by Gasteiger charge is -2.19. The summed E-state index contributed by atoms with van der Waals surface area (Å²) in [4.78, 5) is 35.7. The monoisotopic (exact) mass is 290 g/mol. The number of rotatable bonds is 6. The second kappa shape index (κ2) is 6.88. The molecular formula is C15H18N2O4. The molecule has 1 heterocycles. The molecule has 0 aromatic heterocycles. The van der Waals surface area contributed by atoms with Gasteiger partial charge < -0.3 is 15.3 Å². The fourth-order valence-corrected chi connectivity index (χ4v) is 2.33. The van der Waals surface area contributed by atoms with Crippen LogP contribution in [-0.4, -0.2) is 29.4 Å². The van der Waals surface area contributed by atoms with Crippen molar-refractivity contribution in [2.24, 2.45) is 0 Å². The molecule has 2 amide bonds. The van der Waals surface area contributed by atoms with E-state index in [0.29, 0.717) is 30.8 Å². The third-order valence-electron chi connectivity index (χ3n) is 3.34. The van der Waals surface area contributed by atoms with Gasteiger partial charge in [0.15, 0.2) is 0 Å². The van der Waals surface area contributed by atoms with Crippen LogP contribution in [0.3, 0.4) is 0 Å². The molecule has 6 heteroatoms. The van der Waals surface area contributed by atoms with Crippen molar-refractivity contribution in [2.75, 3.05) is 16.8 Å². The first-order valence-corrected chi connectivity index (χ1v) is 6.99. The van der Waals surface area contributed by atoms with Crippen LogP contribution in [0.25, 0.3) is 0 Å². The maximum Gasteiger partial charge on any atom is 0.303 e. The molecule has 2 N–H and O–H groups in total. The number of carbonyl (C=O) groups is 3. The summed E-state index contributed by atoms with van der Waals surface area (Å²) < 4.78 is 0. The summed E-state index contributed by atoms with van der Waals surface area (Å²) >= 11 is 0. The standard InChI is InChI=1S/C15H18N2O4/c18-13(7-3-9-15(20)21)16-11-5-1-2-6-12(11)17-10-4-8-14(17)19/h1-2,5-6H,3-4,7-10H2,(H,16,18)(H,20,21). The van der Waals surface area contributed by atoms with Crippen molar-refractivity contribution in [3.05, 3.63) is 24.3 Å². The number of hydrogen-bond donors (Lipinski definition) is 2. The van der Waals surface area contributed by atoms with Gasteiger partial charge >= 0.3 is 5.97 Å². The Labute approximate surface area is 122 Å². The van der Waals surface area contributed by atoms with Crippen LogP contribution < -0.4 is 10.2 Å². The molecule has 1 aromatic carbocycles. The third-order valence-corrected chi connectivity index (χ3v) is 3.34. The highest BCUT2D eigenvalue weighted by molar-refractivity contribution is 6.02. The van der Waals surface area contributed by atoms with Gasteiger partial charge in [-0.2, -0.15) is 0 Å². The van der Waals surface area contributed by atoms with Crippen molar-refractivity contribution in [1.82, 2.24) is 0 Å². The Morgan fingerprint density at radius 3 is 2.67 bits per heavy atom. The van der Waals surface area contributed by atoms with Gasteiger partial charge in [-0.1, -0.05) is 12.1 Å². The SMILES string of the molecule is O=C(O)CCCC(=O)Nc1ccccc1N1CCCC1=O. The van der Waals surface area contributed by atoms with Crippen LogP contribution >= 0.6 is 0 Å². The van der Waals surface area contributed by atoms with Gasteiger partial charge in [0.1, 0.15) is 0 Å². The lowest BCUT2D eigenvalue weighted by Crippen LogP contribution is -2.25. The number of hydrogen-bond acceptors (Lipinski definition) is 3. The fraction of sp³-hybridized carbons (Fsp3) is 0.400. The molecule has 0 atom stereocenters. The van der Waals surface area contributed by atoms with Gasteiger partial charge in [-0.25, -0.2) is 0 Å². The molecule has 6 nitrogen and oxygen atoms in total. The van der Waals surface area contributed by atoms with Gasteiger partial charge in [-0.15, -0.1) is 0 Å². The van der Waals surface area contributed by atoms with E-state index in [9.17, 15) is 14.4 Å². The Morgan fingerprint density at radius 1 is 1.24 bits per heavy atom. The Balaban J connectivity index is 2.01. The Morgan fingerprint density at radius 2 is 2.00 bits per heavy atom. The summed E-state index contributed by atoms with van der Waals surface area (Å²) in [7, 11) is 0. The molecule has 1 aliphatic rings. The molecule has 0 unspecified atom stereocenters. The minimum Gasteiger partial charge on any atom is -0.481 e. The number of nitrogens with one attached hydrogen (secondary N) is 1. The van der Waals surface area contributed by atoms with E-state index in [0.717, 1.165) is 6.42 Å². The van der Waals surface area contributed by atoms with Crippen molar-refractivity contribution < 1.29 is 19.5 Å². The number of nitrogens with zero attached hydrogens (tertiary/aromatic N) is 1. The van der Waals surface area contributed by atoms with E-state index in [4.69, 9.17) is 5.11 Å². The maximum atomic E-state index is 11.8. The zero-order valence-corrected chi connectivity index (χ0v) is 11.7. The zero-order valence-electron chi connectivity index (χ0n) is 11.7. The summed E-state index contributed by atoms with van der Waals surface area (Å²) in [6.07, 6.45) is 1.76. The van der Waals surface area contributed by atoms with Crippen molar-refractivity contribution in [3.8, 4) is 0 Å². The predicted molar refractivity (Wildman–Crippen MR) is 78.1 cm³/mol. The first-order chi connectivity index (χ1) is 10.1. The van der Waals surface area contributed by atoms with Crippen molar-refractivity contribution in [2.45, 2.75) is 32.1 Å². The first kappa shape index (κ1) is 15.0. The van der Waals surface area contributed by atoms with Gasteiger partial charge in [0.05, 0.1) is 11.4 Å². The number of anilines is 2. The summed E-state index contributed by atoms with van der Waals surface area (Å²) in [6.45, 7) is 0.657. The molecule has 0 radical (unpaired) electrons. The Hall–Kier alpha value is -2.37. The van der Waals surface area contributed by atoms with E-state index in [-0.39, 0.29) is 24.7 Å². The van der Waals surface area contributed by atoms with Crippen LogP contribution in [0.1, 0.15) is 32.1 Å². The van der Waals surface area contributed by atoms with Crippen molar-refractivity contribution in [1.29, 1.82) is 0 Å². The highest BCUT2D eigenvalue weighted by Crippen LogP contribution is 2.29. The maximum absolute atomic E-state index is 11.8. The number of amides is 2. The van der Waals surface area contributed by atoms with Crippen LogP contribution in [0.4, 0.5) is 11.4 Å². The van der Waals surface area contributed by atoms with E-state index in [2.05, 4.69) is 5.32 Å². The van der Waals surface area contributed by atoms with Gasteiger partial charge in [0, 0.05) is 25.8 Å². The number of carbonyl (C=O) groups excluding carboxylic acids is 2. The predicted octanol–water partition coefficient (Wildman–Crippen LogP) is 2.01. The Bertz CT molecular complexity index is 556. The van der Waals surface area contributed by atoms with Gasteiger partial charge in [-0.05, 0) is 25.0 Å². The summed E-state index contributed by atoms with van der Waals surface area (Å²) in [5.41, 5.74) is 1.29. The number of carboxylic acids is 1. The highest BCUT2D eigenvalue weighted by atomic mass is 16.4. The lowest BCUT2D eigenvalue weighted by molar-refractivity contribution is -0.137. The third kappa shape index (κ3) is 4.05. The summed E-state index contributed by atoms with van der Waals surface area (Å²) in [5, 5.41) is 11.3. The van der Waals surface area contributed by atoms with Gasteiger partial charge in [0.25, 0.3) is 0 Å². The minimum absolute atomic E-state index is 0.0281. The summed E-state index contributed by atoms with van der Waals surface area (Å²) in [6, 6.07) is 7.16. The van der Waals surface area contributed by atoms with Crippen LogP contribution in [-0.2, 0) is 14.4 Å². The van der Waals surface area contributed by atoms with E-state index >= 15 is 0 Å². The summed E-state index contributed by atoms with van der Waals surface area (Å²) in [5.74, 6) is -1.09. The number of carboxylic acid groups (broad SMARTS) is 1. The average molecular weight is 290 g/mol. The van der Waals surface area contributed by atoms with E-state index in [1.165, 1.54) is 0 Å². The number of para-hydroxylation sites is 2. The Kier molecular flexibility index (Phi) is 4.92. The van der Waals surface area contributed by atoms with Crippen LogP contribution in [0.5, 0.6) is 0 Å². The van der Waals surface area contributed by atoms with Crippen LogP contribution in [0, 0.1) is 0 Å². The molecule has 1 saturated heterocycles. The largest absolute Gasteiger partial charge is 0.481 e. The first-order valence-electron chi connectivity index (χ1n) is 6.99. The number of aliphatic carboxylic acids is 1. The molecular weight excluding hydrogens is 272 g/mol. The molecule has 0 aliphatic carbocycles. The zero-order chi connectivity index (χ0) is 15.2.